The van der Waals surface area contributed by atoms with Crippen molar-refractivity contribution in [1.82, 2.24) is 24.6 Å². The van der Waals surface area contributed by atoms with E-state index in [1.54, 1.807) is 22.9 Å². The molecule has 0 aliphatic heterocycles. The summed E-state index contributed by atoms with van der Waals surface area (Å²) in [4.78, 5) is 20.2. The van der Waals surface area contributed by atoms with Gasteiger partial charge in [0.15, 0.2) is 0 Å². The average Bonchev–Trinajstić information content (AvgIpc) is 2.95. The van der Waals surface area contributed by atoms with Crippen molar-refractivity contribution in [1.29, 1.82) is 0 Å². The summed E-state index contributed by atoms with van der Waals surface area (Å²) in [6.45, 7) is 1.87. The summed E-state index contributed by atoms with van der Waals surface area (Å²) in [5, 5.41) is 11.8. The molecule has 112 valence electrons. The van der Waals surface area contributed by atoms with Crippen LogP contribution in [0.25, 0.3) is 5.78 Å². The Labute approximate surface area is 135 Å². The van der Waals surface area contributed by atoms with Crippen LogP contribution in [-0.2, 0) is 4.79 Å². The second kappa shape index (κ2) is 6.29. The lowest BCUT2D eigenvalue weighted by atomic mass is 10.4. The molecule has 0 radical (unpaired) electrons. The van der Waals surface area contributed by atoms with Gasteiger partial charge in [-0.2, -0.15) is 0 Å². The van der Waals surface area contributed by atoms with Crippen LogP contribution in [0.5, 0.6) is 0 Å². The van der Waals surface area contributed by atoms with Crippen LogP contribution in [-0.4, -0.2) is 36.2 Å². The van der Waals surface area contributed by atoms with E-state index in [0.29, 0.717) is 16.6 Å². The standard InChI is InChI=1S/C13H11ClN6OS/c1-8-4-12(20-7-16-19-13(20)17-8)22-6-11(21)18-10-3-2-9(14)5-15-10/h2-5,7H,6H2,1H3,(H,15,18,21). The third-order valence-corrected chi connectivity index (χ3v) is 3.96. The van der Waals surface area contributed by atoms with E-state index in [4.69, 9.17) is 11.6 Å². The van der Waals surface area contributed by atoms with E-state index in [9.17, 15) is 4.79 Å². The molecule has 9 heteroatoms. The van der Waals surface area contributed by atoms with E-state index >= 15 is 0 Å². The number of hydrogen-bond donors (Lipinski definition) is 1. The summed E-state index contributed by atoms with van der Waals surface area (Å²) in [5.41, 5.74) is 0.822. The monoisotopic (exact) mass is 334 g/mol. The molecular formula is C13H11ClN6OS. The molecule has 7 nitrogen and oxygen atoms in total. The Morgan fingerprint density at radius 1 is 1.45 bits per heavy atom. The number of anilines is 1. The summed E-state index contributed by atoms with van der Waals surface area (Å²) in [6.07, 6.45) is 3.06. The molecule has 0 aliphatic carbocycles. The van der Waals surface area contributed by atoms with Crippen molar-refractivity contribution in [3.63, 3.8) is 0 Å². The molecule has 3 heterocycles. The fraction of sp³-hybridized carbons (Fsp3) is 0.154. The smallest absolute Gasteiger partial charge is 0.255 e. The first-order valence-electron chi connectivity index (χ1n) is 6.33. The molecule has 1 amide bonds. The molecule has 0 saturated heterocycles. The normalized spacial score (nSPS) is 10.8. The number of fused-ring (bicyclic) bond motifs is 1. The number of nitrogens with one attached hydrogen (secondary N) is 1. The molecule has 0 saturated carbocycles. The van der Waals surface area contributed by atoms with Crippen LogP contribution < -0.4 is 5.32 Å². The Kier molecular flexibility index (Phi) is 4.21. The van der Waals surface area contributed by atoms with Crippen LogP contribution >= 0.6 is 23.4 Å². The third kappa shape index (κ3) is 3.34. The van der Waals surface area contributed by atoms with E-state index < -0.39 is 0 Å². The van der Waals surface area contributed by atoms with E-state index in [1.807, 2.05) is 13.0 Å². The van der Waals surface area contributed by atoms with Gasteiger partial charge in [0, 0.05) is 11.9 Å². The predicted octanol–water partition coefficient (Wildman–Crippen LogP) is 2.21. The quantitative estimate of drug-likeness (QED) is 0.581. The number of aryl methyl sites for hydroxylation is 1. The highest BCUT2D eigenvalue weighted by Gasteiger charge is 2.09. The Morgan fingerprint density at radius 2 is 2.32 bits per heavy atom. The highest BCUT2D eigenvalue weighted by molar-refractivity contribution is 7.99. The van der Waals surface area contributed by atoms with E-state index in [-0.39, 0.29) is 11.7 Å². The zero-order chi connectivity index (χ0) is 15.5. The van der Waals surface area contributed by atoms with Gasteiger partial charge in [-0.15, -0.1) is 10.2 Å². The number of carbonyl (C=O) groups is 1. The number of amides is 1. The SMILES string of the molecule is Cc1cc(SCC(=O)Nc2ccc(Cl)cn2)n2cnnc2n1. The van der Waals surface area contributed by atoms with Gasteiger partial charge in [-0.05, 0) is 25.1 Å². The van der Waals surface area contributed by atoms with Crippen molar-refractivity contribution in [2.24, 2.45) is 0 Å². The van der Waals surface area contributed by atoms with Crippen molar-refractivity contribution < 1.29 is 4.79 Å². The van der Waals surface area contributed by atoms with Gasteiger partial charge >= 0.3 is 0 Å². The molecule has 0 atom stereocenters. The molecule has 0 spiro atoms. The van der Waals surface area contributed by atoms with Crippen LogP contribution in [0, 0.1) is 6.92 Å². The summed E-state index contributed by atoms with van der Waals surface area (Å²) in [5.74, 6) is 1.06. The van der Waals surface area contributed by atoms with E-state index in [1.165, 1.54) is 18.0 Å². The first kappa shape index (κ1) is 14.7. The molecule has 0 aromatic carbocycles. The number of carbonyl (C=O) groups excluding carboxylic acids is 1. The Hall–Kier alpha value is -2.19. The predicted molar refractivity (Wildman–Crippen MR) is 84.1 cm³/mol. The highest BCUT2D eigenvalue weighted by atomic mass is 35.5. The highest BCUT2D eigenvalue weighted by Crippen LogP contribution is 2.19. The number of nitrogens with zero attached hydrogens (tertiary/aromatic N) is 5. The summed E-state index contributed by atoms with van der Waals surface area (Å²) in [6, 6.07) is 5.21. The van der Waals surface area contributed by atoms with Gasteiger partial charge in [0.25, 0.3) is 5.78 Å². The van der Waals surface area contributed by atoms with Gasteiger partial charge < -0.3 is 5.32 Å². The van der Waals surface area contributed by atoms with Gasteiger partial charge in [-0.3, -0.25) is 9.20 Å². The molecule has 1 N–H and O–H groups in total. The molecular weight excluding hydrogens is 324 g/mol. The van der Waals surface area contributed by atoms with Crippen molar-refractivity contribution >= 4 is 40.9 Å². The summed E-state index contributed by atoms with van der Waals surface area (Å²) >= 11 is 7.13. The number of aromatic nitrogens is 5. The number of thioether (sulfide) groups is 1. The van der Waals surface area contributed by atoms with Crippen LogP contribution in [0.3, 0.4) is 0 Å². The largest absolute Gasteiger partial charge is 0.310 e. The van der Waals surface area contributed by atoms with Crippen molar-refractivity contribution in [2.45, 2.75) is 11.9 Å². The third-order valence-electron chi connectivity index (χ3n) is 2.72. The second-order valence-electron chi connectivity index (χ2n) is 4.44. The number of pyridine rings is 1. The minimum absolute atomic E-state index is 0.157. The number of halogens is 1. The lowest BCUT2D eigenvalue weighted by molar-refractivity contribution is -0.113. The van der Waals surface area contributed by atoms with E-state index in [0.717, 1.165) is 10.7 Å². The van der Waals surface area contributed by atoms with Crippen LogP contribution in [0.15, 0.2) is 35.7 Å². The van der Waals surface area contributed by atoms with Crippen LogP contribution in [0.2, 0.25) is 5.02 Å². The maximum Gasteiger partial charge on any atom is 0.255 e. The van der Waals surface area contributed by atoms with Gasteiger partial charge in [0.2, 0.25) is 5.91 Å². The average molecular weight is 335 g/mol. The minimum Gasteiger partial charge on any atom is -0.310 e. The van der Waals surface area contributed by atoms with Gasteiger partial charge in [-0.25, -0.2) is 9.97 Å². The number of hydrogen-bond acceptors (Lipinski definition) is 6. The van der Waals surface area contributed by atoms with Crippen LogP contribution in [0.1, 0.15) is 5.69 Å². The van der Waals surface area contributed by atoms with Gasteiger partial charge in [-0.1, -0.05) is 23.4 Å². The number of rotatable bonds is 4. The van der Waals surface area contributed by atoms with E-state index in [2.05, 4.69) is 25.5 Å². The lowest BCUT2D eigenvalue weighted by Crippen LogP contribution is -2.15. The molecule has 3 aromatic rings. The molecule has 0 aliphatic rings. The van der Waals surface area contributed by atoms with Crippen molar-refractivity contribution in [3.05, 3.63) is 41.4 Å². The minimum atomic E-state index is -0.157. The Balaban J connectivity index is 1.67. The first-order chi connectivity index (χ1) is 10.6. The van der Waals surface area contributed by atoms with Crippen molar-refractivity contribution in [3.8, 4) is 0 Å². The van der Waals surface area contributed by atoms with Gasteiger partial charge in [0.1, 0.15) is 12.1 Å². The Morgan fingerprint density at radius 3 is 3.09 bits per heavy atom. The molecule has 3 rings (SSSR count). The topological polar surface area (TPSA) is 85.1 Å². The second-order valence-corrected chi connectivity index (χ2v) is 5.87. The van der Waals surface area contributed by atoms with Crippen molar-refractivity contribution in [2.75, 3.05) is 11.1 Å². The zero-order valence-corrected chi connectivity index (χ0v) is 13.1. The molecule has 22 heavy (non-hydrogen) atoms. The zero-order valence-electron chi connectivity index (χ0n) is 11.5. The fourth-order valence-electron chi connectivity index (χ4n) is 1.78. The molecule has 3 aromatic heterocycles. The fourth-order valence-corrected chi connectivity index (χ4v) is 2.76. The molecule has 0 bridgehead atoms. The maximum absolute atomic E-state index is 12.0. The Bertz CT molecular complexity index is 819. The van der Waals surface area contributed by atoms with Gasteiger partial charge in [0.05, 0.1) is 15.8 Å². The maximum atomic E-state index is 12.0. The first-order valence-corrected chi connectivity index (χ1v) is 7.70. The van der Waals surface area contributed by atoms with Crippen LogP contribution in [0.4, 0.5) is 5.82 Å². The molecule has 0 fully saturated rings. The summed E-state index contributed by atoms with van der Waals surface area (Å²) < 4.78 is 1.74. The lowest BCUT2D eigenvalue weighted by Gasteiger charge is -2.06. The molecule has 0 unspecified atom stereocenters. The summed E-state index contributed by atoms with van der Waals surface area (Å²) in [7, 11) is 0.